The van der Waals surface area contributed by atoms with Gasteiger partial charge < -0.3 is 10.1 Å². The van der Waals surface area contributed by atoms with Gasteiger partial charge in [0.15, 0.2) is 0 Å². The molecule has 2 atom stereocenters. The minimum absolute atomic E-state index is 0.251. The highest BCUT2D eigenvalue weighted by molar-refractivity contribution is 7.10. The van der Waals surface area contributed by atoms with Gasteiger partial charge in [0.25, 0.3) is 0 Å². The first kappa shape index (κ1) is 11.4. The van der Waals surface area contributed by atoms with Gasteiger partial charge in [-0.3, -0.25) is 0 Å². The second-order valence-electron chi connectivity index (χ2n) is 3.82. The van der Waals surface area contributed by atoms with E-state index in [-0.39, 0.29) is 6.10 Å². The molecule has 2 unspecified atom stereocenters. The Hall–Kier alpha value is -0.0900. The second-order valence-corrected chi connectivity index (χ2v) is 5.19. The van der Waals surface area contributed by atoms with Crippen molar-refractivity contribution in [1.29, 1.82) is 0 Å². The van der Waals surface area contributed by atoms with Crippen molar-refractivity contribution in [2.24, 2.45) is 5.92 Å². The van der Waals surface area contributed by atoms with Crippen LogP contribution in [0.1, 0.15) is 24.3 Å². The first-order valence-corrected chi connectivity index (χ1v) is 6.63. The fourth-order valence-electron chi connectivity index (χ4n) is 1.96. The summed E-state index contributed by atoms with van der Waals surface area (Å²) in [5.41, 5.74) is 0. The van der Waals surface area contributed by atoms with Crippen molar-refractivity contribution in [1.82, 2.24) is 5.32 Å². The molecule has 0 radical (unpaired) electrons. The summed E-state index contributed by atoms with van der Waals surface area (Å²) in [7, 11) is 0. The molecule has 1 aromatic rings. The van der Waals surface area contributed by atoms with Gasteiger partial charge in [-0.2, -0.15) is 0 Å². The van der Waals surface area contributed by atoms with Gasteiger partial charge in [0.1, 0.15) is 0 Å². The Morgan fingerprint density at radius 3 is 3.20 bits per heavy atom. The largest absolute Gasteiger partial charge is 0.372 e. The van der Waals surface area contributed by atoms with Crippen molar-refractivity contribution < 1.29 is 4.74 Å². The summed E-state index contributed by atoms with van der Waals surface area (Å²) in [6.07, 6.45) is 1.40. The lowest BCUT2D eigenvalue weighted by molar-refractivity contribution is 0.0935. The molecule has 4 heteroatoms. The van der Waals surface area contributed by atoms with Gasteiger partial charge in [-0.1, -0.05) is 18.5 Å². The molecule has 0 bridgehead atoms. The van der Waals surface area contributed by atoms with Crippen molar-refractivity contribution in [2.45, 2.75) is 19.4 Å². The van der Waals surface area contributed by atoms with Crippen LogP contribution >= 0.6 is 22.9 Å². The number of nitrogens with one attached hydrogen (secondary N) is 1. The molecular weight excluding hydrogens is 230 g/mol. The predicted octanol–water partition coefficient (Wildman–Crippen LogP) is 3.09. The van der Waals surface area contributed by atoms with Gasteiger partial charge in [-0.25, -0.2) is 0 Å². The third kappa shape index (κ3) is 2.72. The fraction of sp³-hybridized carbons (Fsp3) is 0.636. The van der Waals surface area contributed by atoms with E-state index in [0.29, 0.717) is 5.92 Å². The van der Waals surface area contributed by atoms with Crippen LogP contribution in [-0.2, 0) is 4.74 Å². The number of ether oxygens (including phenoxy) is 1. The van der Waals surface area contributed by atoms with E-state index >= 15 is 0 Å². The molecule has 0 spiro atoms. The third-order valence-corrected chi connectivity index (χ3v) is 4.08. The molecule has 15 heavy (non-hydrogen) atoms. The van der Waals surface area contributed by atoms with E-state index in [1.54, 1.807) is 11.3 Å². The Kier molecular flexibility index (Phi) is 4.03. The number of thiophene rings is 1. The highest BCUT2D eigenvalue weighted by Gasteiger charge is 2.30. The van der Waals surface area contributed by atoms with Crippen LogP contribution in [0.2, 0.25) is 5.02 Å². The molecule has 0 saturated carbocycles. The van der Waals surface area contributed by atoms with E-state index in [1.807, 2.05) is 11.4 Å². The van der Waals surface area contributed by atoms with Gasteiger partial charge in [0.05, 0.1) is 11.1 Å². The van der Waals surface area contributed by atoms with Gasteiger partial charge in [-0.05, 0) is 19.0 Å². The molecule has 2 heterocycles. The zero-order valence-electron chi connectivity index (χ0n) is 8.83. The zero-order valence-corrected chi connectivity index (χ0v) is 10.4. The lowest BCUT2D eigenvalue weighted by Gasteiger charge is -2.17. The van der Waals surface area contributed by atoms with Crippen LogP contribution in [0, 0.1) is 5.92 Å². The number of halogens is 1. The maximum absolute atomic E-state index is 5.93. The molecule has 1 aromatic heterocycles. The van der Waals surface area contributed by atoms with E-state index in [0.717, 1.165) is 31.1 Å². The average Bonchev–Trinajstić information content (AvgIpc) is 2.82. The summed E-state index contributed by atoms with van der Waals surface area (Å²) >= 11 is 7.63. The van der Waals surface area contributed by atoms with Crippen LogP contribution in [-0.4, -0.2) is 19.7 Å². The van der Waals surface area contributed by atoms with Crippen molar-refractivity contribution in [3.05, 3.63) is 21.3 Å². The van der Waals surface area contributed by atoms with E-state index in [9.17, 15) is 0 Å². The normalized spacial score (nSPS) is 26.0. The molecule has 0 aliphatic carbocycles. The summed E-state index contributed by atoms with van der Waals surface area (Å²) in [4.78, 5) is 1.26. The first-order valence-electron chi connectivity index (χ1n) is 5.37. The van der Waals surface area contributed by atoms with Gasteiger partial charge in [0.2, 0.25) is 0 Å². The summed E-state index contributed by atoms with van der Waals surface area (Å²) in [5.74, 6) is 0.597. The van der Waals surface area contributed by atoms with Gasteiger partial charge in [0, 0.05) is 29.3 Å². The average molecular weight is 246 g/mol. The molecular formula is C11H16ClNOS. The number of hydrogen-bond donors (Lipinski definition) is 1. The molecule has 84 valence electrons. The van der Waals surface area contributed by atoms with Crippen molar-refractivity contribution >= 4 is 22.9 Å². The van der Waals surface area contributed by atoms with Crippen LogP contribution < -0.4 is 5.32 Å². The SMILES string of the molecule is CCNCC1CCOC1c1cc(Cl)cs1. The molecule has 1 aliphatic heterocycles. The molecule has 1 aliphatic rings. The Bertz CT molecular complexity index is 315. The quantitative estimate of drug-likeness (QED) is 0.880. The summed E-state index contributed by atoms with van der Waals surface area (Å²) in [6.45, 7) is 5.06. The summed E-state index contributed by atoms with van der Waals surface area (Å²) in [5, 5.41) is 6.19. The zero-order chi connectivity index (χ0) is 10.7. The topological polar surface area (TPSA) is 21.3 Å². The van der Waals surface area contributed by atoms with E-state index in [2.05, 4.69) is 12.2 Å². The first-order chi connectivity index (χ1) is 7.31. The van der Waals surface area contributed by atoms with Crippen LogP contribution in [0.15, 0.2) is 11.4 Å². The standard InChI is InChI=1S/C11H16ClNOS/c1-2-13-6-8-3-4-14-11(8)10-5-9(12)7-15-10/h5,7-8,11,13H,2-4,6H2,1H3. The Morgan fingerprint density at radius 2 is 2.53 bits per heavy atom. The molecule has 2 rings (SSSR count). The molecule has 2 nitrogen and oxygen atoms in total. The molecule has 0 amide bonds. The number of hydrogen-bond acceptors (Lipinski definition) is 3. The van der Waals surface area contributed by atoms with Crippen molar-refractivity contribution in [3.63, 3.8) is 0 Å². The van der Waals surface area contributed by atoms with Crippen LogP contribution in [0.25, 0.3) is 0 Å². The Labute approximate surface area is 99.6 Å². The maximum atomic E-state index is 5.93. The molecule has 0 aromatic carbocycles. The smallest absolute Gasteiger partial charge is 0.0958 e. The predicted molar refractivity (Wildman–Crippen MR) is 64.7 cm³/mol. The van der Waals surface area contributed by atoms with E-state index < -0.39 is 0 Å². The van der Waals surface area contributed by atoms with Crippen LogP contribution in [0.5, 0.6) is 0 Å². The van der Waals surface area contributed by atoms with E-state index in [1.165, 1.54) is 4.88 Å². The van der Waals surface area contributed by atoms with Crippen LogP contribution in [0.3, 0.4) is 0 Å². The third-order valence-electron chi connectivity index (χ3n) is 2.74. The minimum atomic E-state index is 0.251. The molecule has 1 saturated heterocycles. The maximum Gasteiger partial charge on any atom is 0.0958 e. The lowest BCUT2D eigenvalue weighted by Crippen LogP contribution is -2.24. The summed E-state index contributed by atoms with van der Waals surface area (Å²) < 4.78 is 5.77. The van der Waals surface area contributed by atoms with Gasteiger partial charge >= 0.3 is 0 Å². The fourth-order valence-corrected chi connectivity index (χ4v) is 3.19. The lowest BCUT2D eigenvalue weighted by atomic mass is 10.0. The monoisotopic (exact) mass is 245 g/mol. The molecule has 1 fully saturated rings. The Morgan fingerprint density at radius 1 is 1.67 bits per heavy atom. The van der Waals surface area contributed by atoms with Crippen molar-refractivity contribution in [2.75, 3.05) is 19.7 Å². The summed E-state index contributed by atoms with van der Waals surface area (Å²) in [6, 6.07) is 2.03. The Balaban J connectivity index is 2.01. The van der Waals surface area contributed by atoms with E-state index in [4.69, 9.17) is 16.3 Å². The van der Waals surface area contributed by atoms with Crippen LogP contribution in [0.4, 0.5) is 0 Å². The highest BCUT2D eigenvalue weighted by atomic mass is 35.5. The highest BCUT2D eigenvalue weighted by Crippen LogP contribution is 2.38. The minimum Gasteiger partial charge on any atom is -0.372 e. The van der Waals surface area contributed by atoms with Crippen molar-refractivity contribution in [3.8, 4) is 0 Å². The van der Waals surface area contributed by atoms with Gasteiger partial charge in [-0.15, -0.1) is 11.3 Å². The molecule has 1 N–H and O–H groups in total. The number of rotatable bonds is 4. The second kappa shape index (κ2) is 5.30.